The molecule has 4 N–H and O–H groups in total. The molecule has 1 aromatic rings. The number of carbonyl (C=O) groups is 1. The van der Waals surface area contributed by atoms with Crippen molar-refractivity contribution in [1.82, 2.24) is 0 Å². The van der Waals surface area contributed by atoms with E-state index in [0.29, 0.717) is 0 Å². The van der Waals surface area contributed by atoms with Crippen LogP contribution in [-0.4, -0.2) is 23.3 Å². The van der Waals surface area contributed by atoms with Crippen LogP contribution in [0.5, 0.6) is 11.5 Å². The number of esters is 1. The molecule has 1 aromatic carbocycles. The number of phenols is 2. The van der Waals surface area contributed by atoms with Gasteiger partial charge >= 0.3 is 5.97 Å². The van der Waals surface area contributed by atoms with E-state index in [-0.39, 0.29) is 22.7 Å². The van der Waals surface area contributed by atoms with Crippen LogP contribution in [0.15, 0.2) is 12.1 Å². The van der Waals surface area contributed by atoms with E-state index in [1.807, 2.05) is 0 Å². The Morgan fingerprint density at radius 3 is 2.62 bits per heavy atom. The average molecular weight is 183 g/mol. The number of nitrogens with two attached hydrogens (primary N) is 1. The number of aromatic hydroxyl groups is 2. The highest BCUT2D eigenvalue weighted by Crippen LogP contribution is 2.29. The molecule has 0 unspecified atom stereocenters. The van der Waals surface area contributed by atoms with Crippen LogP contribution in [0.3, 0.4) is 0 Å². The molecule has 0 saturated heterocycles. The molecule has 0 amide bonds. The Hall–Kier alpha value is -1.91. The van der Waals surface area contributed by atoms with E-state index >= 15 is 0 Å². The zero-order chi connectivity index (χ0) is 10.0. The first-order chi connectivity index (χ1) is 6.06. The Kier molecular flexibility index (Phi) is 2.27. The second-order valence-electron chi connectivity index (χ2n) is 2.42. The Morgan fingerprint density at radius 2 is 2.08 bits per heavy atom. The third-order valence-corrected chi connectivity index (χ3v) is 1.53. The largest absolute Gasteiger partial charge is 0.508 e. The molecule has 0 aromatic heterocycles. The van der Waals surface area contributed by atoms with Gasteiger partial charge in [0.2, 0.25) is 0 Å². The molecule has 0 bridgehead atoms. The monoisotopic (exact) mass is 183 g/mol. The minimum atomic E-state index is -0.750. The lowest BCUT2D eigenvalue weighted by Gasteiger charge is -2.05. The Morgan fingerprint density at radius 1 is 1.46 bits per heavy atom. The van der Waals surface area contributed by atoms with Gasteiger partial charge in [0.25, 0.3) is 0 Å². The van der Waals surface area contributed by atoms with Crippen LogP contribution in [-0.2, 0) is 4.74 Å². The first kappa shape index (κ1) is 9.18. The molecule has 0 spiro atoms. The van der Waals surface area contributed by atoms with Gasteiger partial charge in [-0.15, -0.1) is 0 Å². The molecule has 0 atom stereocenters. The van der Waals surface area contributed by atoms with E-state index in [9.17, 15) is 9.90 Å². The maximum absolute atomic E-state index is 11.0. The van der Waals surface area contributed by atoms with Crippen LogP contribution < -0.4 is 5.73 Å². The highest BCUT2D eigenvalue weighted by Gasteiger charge is 2.14. The molecular formula is C8H9NO4. The fourth-order valence-corrected chi connectivity index (χ4v) is 0.907. The van der Waals surface area contributed by atoms with Crippen LogP contribution in [0.25, 0.3) is 0 Å². The van der Waals surface area contributed by atoms with Gasteiger partial charge in [0, 0.05) is 6.07 Å². The summed E-state index contributed by atoms with van der Waals surface area (Å²) in [4.78, 5) is 11.0. The van der Waals surface area contributed by atoms with Gasteiger partial charge in [0.05, 0.1) is 12.8 Å². The summed E-state index contributed by atoms with van der Waals surface area (Å²) < 4.78 is 4.36. The smallest absolute Gasteiger partial charge is 0.341 e. The van der Waals surface area contributed by atoms with Gasteiger partial charge < -0.3 is 20.7 Å². The molecule has 0 heterocycles. The van der Waals surface area contributed by atoms with Crippen LogP contribution in [0, 0.1) is 0 Å². The SMILES string of the molecule is COC(=O)c1cc(O)cc(N)c1O. The summed E-state index contributed by atoms with van der Waals surface area (Å²) in [6.45, 7) is 0. The lowest BCUT2D eigenvalue weighted by Crippen LogP contribution is -2.02. The minimum absolute atomic E-state index is 0.0691. The first-order valence-corrected chi connectivity index (χ1v) is 3.46. The van der Waals surface area contributed by atoms with Gasteiger partial charge in [-0.2, -0.15) is 0 Å². The van der Waals surface area contributed by atoms with Gasteiger partial charge in [-0.05, 0) is 6.07 Å². The standard InChI is InChI=1S/C8H9NO4/c1-13-8(12)5-2-4(10)3-6(9)7(5)11/h2-3,10-11H,9H2,1H3. The zero-order valence-corrected chi connectivity index (χ0v) is 6.94. The van der Waals surface area contributed by atoms with Crippen molar-refractivity contribution in [3.63, 3.8) is 0 Å². The van der Waals surface area contributed by atoms with Crippen molar-refractivity contribution in [2.45, 2.75) is 0 Å². The number of anilines is 1. The van der Waals surface area contributed by atoms with Gasteiger partial charge in [-0.3, -0.25) is 0 Å². The van der Waals surface area contributed by atoms with Crippen molar-refractivity contribution >= 4 is 11.7 Å². The first-order valence-electron chi connectivity index (χ1n) is 3.46. The third kappa shape index (κ3) is 1.64. The van der Waals surface area contributed by atoms with Gasteiger partial charge in [-0.1, -0.05) is 0 Å². The second-order valence-corrected chi connectivity index (χ2v) is 2.42. The molecule has 0 saturated carbocycles. The third-order valence-electron chi connectivity index (χ3n) is 1.53. The number of nitrogen functional groups attached to an aromatic ring is 1. The zero-order valence-electron chi connectivity index (χ0n) is 6.94. The Labute approximate surface area is 74.4 Å². The Balaban J connectivity index is 3.28. The van der Waals surface area contributed by atoms with E-state index in [2.05, 4.69) is 4.74 Å². The van der Waals surface area contributed by atoms with Crippen molar-refractivity contribution in [3.8, 4) is 11.5 Å². The highest BCUT2D eigenvalue weighted by atomic mass is 16.5. The van der Waals surface area contributed by atoms with Crippen molar-refractivity contribution < 1.29 is 19.7 Å². The van der Waals surface area contributed by atoms with E-state index < -0.39 is 5.97 Å². The summed E-state index contributed by atoms with van der Waals surface area (Å²) >= 11 is 0. The summed E-state index contributed by atoms with van der Waals surface area (Å²) in [7, 11) is 1.17. The van der Waals surface area contributed by atoms with Gasteiger partial charge in [-0.25, -0.2) is 4.79 Å². The lowest BCUT2D eigenvalue weighted by atomic mass is 10.1. The predicted molar refractivity (Wildman–Crippen MR) is 45.5 cm³/mol. The summed E-state index contributed by atoms with van der Waals surface area (Å²) in [5, 5.41) is 18.4. The van der Waals surface area contributed by atoms with Crippen LogP contribution >= 0.6 is 0 Å². The summed E-state index contributed by atoms with van der Waals surface area (Å²) in [5.41, 5.74) is 5.07. The number of ether oxygens (including phenoxy) is 1. The molecule has 0 aliphatic heterocycles. The molecule has 0 fully saturated rings. The maximum Gasteiger partial charge on any atom is 0.341 e. The number of hydrogen-bond acceptors (Lipinski definition) is 5. The number of carbonyl (C=O) groups excluding carboxylic acids is 1. The molecule has 0 radical (unpaired) electrons. The topological polar surface area (TPSA) is 92.8 Å². The van der Waals surface area contributed by atoms with Gasteiger partial charge in [0.15, 0.2) is 5.75 Å². The molecule has 13 heavy (non-hydrogen) atoms. The van der Waals surface area contributed by atoms with Gasteiger partial charge in [0.1, 0.15) is 11.3 Å². The molecule has 0 aliphatic rings. The van der Waals surface area contributed by atoms with Crippen LogP contribution in [0.4, 0.5) is 5.69 Å². The predicted octanol–water partition coefficient (Wildman–Crippen LogP) is 0.467. The minimum Gasteiger partial charge on any atom is -0.508 e. The van der Waals surface area contributed by atoms with Crippen molar-refractivity contribution in [2.75, 3.05) is 12.8 Å². The van der Waals surface area contributed by atoms with Crippen molar-refractivity contribution in [1.29, 1.82) is 0 Å². The number of rotatable bonds is 1. The van der Waals surface area contributed by atoms with E-state index in [4.69, 9.17) is 10.8 Å². The molecular weight excluding hydrogens is 174 g/mol. The van der Waals surface area contributed by atoms with E-state index in [0.717, 1.165) is 12.1 Å². The maximum atomic E-state index is 11.0. The summed E-state index contributed by atoms with van der Waals surface area (Å²) in [6, 6.07) is 2.22. The molecule has 1 rings (SSSR count). The number of methoxy groups -OCH3 is 1. The average Bonchev–Trinajstić information content (AvgIpc) is 2.10. The molecule has 5 nitrogen and oxygen atoms in total. The number of benzene rings is 1. The van der Waals surface area contributed by atoms with Crippen LogP contribution in [0.2, 0.25) is 0 Å². The summed E-state index contributed by atoms with van der Waals surface area (Å²) in [6.07, 6.45) is 0. The molecule has 70 valence electrons. The van der Waals surface area contributed by atoms with E-state index in [1.165, 1.54) is 7.11 Å². The van der Waals surface area contributed by atoms with Crippen molar-refractivity contribution in [3.05, 3.63) is 17.7 Å². The number of hydrogen-bond donors (Lipinski definition) is 3. The fraction of sp³-hybridized carbons (Fsp3) is 0.125. The summed E-state index contributed by atoms with van der Waals surface area (Å²) in [5.74, 6) is -1.33. The van der Waals surface area contributed by atoms with Crippen LogP contribution in [0.1, 0.15) is 10.4 Å². The Bertz CT molecular complexity index is 348. The quantitative estimate of drug-likeness (QED) is 0.254. The van der Waals surface area contributed by atoms with Crippen molar-refractivity contribution in [2.24, 2.45) is 0 Å². The highest BCUT2D eigenvalue weighted by molar-refractivity contribution is 5.95. The molecule has 0 aliphatic carbocycles. The van der Waals surface area contributed by atoms with E-state index in [1.54, 1.807) is 0 Å². The normalized spacial score (nSPS) is 9.62. The lowest BCUT2D eigenvalue weighted by molar-refractivity contribution is 0.0597. The number of phenolic OH excluding ortho intramolecular Hbond substituents is 2. The second kappa shape index (κ2) is 3.22. The molecule has 5 heteroatoms. The fourth-order valence-electron chi connectivity index (χ4n) is 0.907.